The molecule has 0 heterocycles. The Morgan fingerprint density at radius 3 is 2.75 bits per heavy atom. The van der Waals surface area contributed by atoms with Gasteiger partial charge in [-0.15, -0.1) is 0 Å². The molecule has 0 fully saturated rings. The summed E-state index contributed by atoms with van der Waals surface area (Å²) in [5.41, 5.74) is 6.14. The monoisotopic (exact) mass is 300 g/mol. The van der Waals surface area contributed by atoms with Crippen molar-refractivity contribution in [2.45, 2.75) is 13.0 Å². The lowest BCUT2D eigenvalue weighted by molar-refractivity contribution is -0.125. The van der Waals surface area contributed by atoms with E-state index in [1.54, 1.807) is 6.92 Å². The maximum absolute atomic E-state index is 11.7. The van der Waals surface area contributed by atoms with E-state index < -0.39 is 11.9 Å². The highest BCUT2D eigenvalue weighted by Gasteiger charge is 2.13. The fraction of sp³-hybridized carbons (Fsp3) is 0.385. The number of hydrogen-bond donors (Lipinski definition) is 2. The van der Waals surface area contributed by atoms with Crippen LogP contribution in [0.15, 0.2) is 18.2 Å². The average molecular weight is 301 g/mol. The molecule has 110 valence electrons. The summed E-state index contributed by atoms with van der Waals surface area (Å²) in [4.78, 5) is 23.2. The number of carbonyl (C=O) groups excluding carboxylic acids is 2. The molecule has 1 unspecified atom stereocenters. The van der Waals surface area contributed by atoms with Crippen molar-refractivity contribution in [3.63, 3.8) is 0 Å². The number of rotatable bonds is 6. The number of nitrogens with one attached hydrogen (secondary N) is 1. The highest BCUT2D eigenvalue weighted by molar-refractivity contribution is 6.33. The molecule has 20 heavy (non-hydrogen) atoms. The largest absolute Gasteiger partial charge is 0.452 e. The van der Waals surface area contributed by atoms with E-state index in [0.29, 0.717) is 12.3 Å². The number of benzene rings is 1. The summed E-state index contributed by atoms with van der Waals surface area (Å²) >= 11 is 5.80. The van der Waals surface area contributed by atoms with Crippen LogP contribution in [0.1, 0.15) is 17.3 Å². The molecule has 0 radical (unpaired) electrons. The van der Waals surface area contributed by atoms with E-state index in [2.05, 4.69) is 5.32 Å². The van der Waals surface area contributed by atoms with Crippen molar-refractivity contribution in [3.05, 3.63) is 28.8 Å². The number of nitrogens with two attached hydrogens (primary N) is 1. The van der Waals surface area contributed by atoms with Crippen molar-refractivity contribution in [2.24, 2.45) is 0 Å². The zero-order valence-electron chi connectivity index (χ0n) is 11.3. The Morgan fingerprint density at radius 2 is 2.15 bits per heavy atom. The standard InChI is InChI=1S/C13H17ClN2O4/c1-8(6-19-2)16-12(17)7-20-13(18)9-3-4-11(15)10(14)5-9/h3-5,8H,6-7,15H2,1-2H3,(H,16,17). The zero-order chi connectivity index (χ0) is 15.1. The van der Waals surface area contributed by atoms with Gasteiger partial charge in [-0.3, -0.25) is 4.79 Å². The van der Waals surface area contributed by atoms with Crippen LogP contribution < -0.4 is 11.1 Å². The van der Waals surface area contributed by atoms with Crippen molar-refractivity contribution in [1.29, 1.82) is 0 Å². The number of nitrogen functional groups attached to an aromatic ring is 1. The lowest BCUT2D eigenvalue weighted by Gasteiger charge is -2.12. The fourth-order valence-electron chi connectivity index (χ4n) is 1.48. The van der Waals surface area contributed by atoms with Gasteiger partial charge in [-0.25, -0.2) is 4.79 Å². The van der Waals surface area contributed by atoms with E-state index in [4.69, 9.17) is 26.8 Å². The van der Waals surface area contributed by atoms with Crippen LogP contribution >= 0.6 is 11.6 Å². The number of methoxy groups -OCH3 is 1. The van der Waals surface area contributed by atoms with Crippen LogP contribution in [0.25, 0.3) is 0 Å². The lowest BCUT2D eigenvalue weighted by atomic mass is 10.2. The van der Waals surface area contributed by atoms with Crippen molar-refractivity contribution in [2.75, 3.05) is 26.1 Å². The Morgan fingerprint density at radius 1 is 1.45 bits per heavy atom. The first kappa shape index (κ1) is 16.3. The summed E-state index contributed by atoms with van der Waals surface area (Å²) in [6, 6.07) is 4.22. The molecule has 0 saturated heterocycles. The number of ether oxygens (including phenoxy) is 2. The molecule has 3 N–H and O–H groups in total. The van der Waals surface area contributed by atoms with Gasteiger partial charge in [0.15, 0.2) is 6.61 Å². The first-order valence-corrected chi connectivity index (χ1v) is 6.32. The van der Waals surface area contributed by atoms with Crippen molar-refractivity contribution < 1.29 is 19.1 Å². The quantitative estimate of drug-likeness (QED) is 0.609. The van der Waals surface area contributed by atoms with E-state index in [9.17, 15) is 9.59 Å². The van der Waals surface area contributed by atoms with Gasteiger partial charge in [0.25, 0.3) is 5.91 Å². The number of carbonyl (C=O) groups is 2. The van der Waals surface area contributed by atoms with Crippen molar-refractivity contribution >= 4 is 29.2 Å². The Hall–Kier alpha value is -1.79. The van der Waals surface area contributed by atoms with E-state index in [1.807, 2.05) is 0 Å². The van der Waals surface area contributed by atoms with Crippen molar-refractivity contribution in [3.8, 4) is 0 Å². The zero-order valence-corrected chi connectivity index (χ0v) is 12.1. The van der Waals surface area contributed by atoms with Crippen LogP contribution in [0.5, 0.6) is 0 Å². The normalized spacial score (nSPS) is 11.8. The minimum atomic E-state index is -0.638. The molecular formula is C13H17ClN2O4. The first-order valence-electron chi connectivity index (χ1n) is 5.94. The molecule has 0 aliphatic heterocycles. The van der Waals surface area contributed by atoms with Gasteiger partial charge >= 0.3 is 5.97 Å². The molecule has 1 atom stereocenters. The van der Waals surface area contributed by atoms with Crippen LogP contribution in [0.2, 0.25) is 5.02 Å². The van der Waals surface area contributed by atoms with E-state index in [1.165, 1.54) is 25.3 Å². The average Bonchev–Trinajstić information content (AvgIpc) is 2.39. The number of halogens is 1. The Labute approximate surface area is 122 Å². The number of hydrogen-bond acceptors (Lipinski definition) is 5. The molecule has 0 aliphatic rings. The van der Waals surface area contributed by atoms with Gasteiger partial charge in [0.2, 0.25) is 0 Å². The predicted molar refractivity (Wildman–Crippen MR) is 75.6 cm³/mol. The molecule has 0 spiro atoms. The third-order valence-electron chi connectivity index (χ3n) is 2.39. The van der Waals surface area contributed by atoms with Gasteiger partial charge in [-0.05, 0) is 25.1 Å². The van der Waals surface area contributed by atoms with Gasteiger partial charge < -0.3 is 20.5 Å². The van der Waals surface area contributed by atoms with Gasteiger partial charge in [-0.2, -0.15) is 0 Å². The van der Waals surface area contributed by atoms with E-state index in [0.717, 1.165) is 0 Å². The molecular weight excluding hydrogens is 284 g/mol. The summed E-state index contributed by atoms with van der Waals surface area (Å²) in [5, 5.41) is 2.88. The van der Waals surface area contributed by atoms with Crippen LogP contribution in [-0.2, 0) is 14.3 Å². The highest BCUT2D eigenvalue weighted by Crippen LogP contribution is 2.19. The predicted octanol–water partition coefficient (Wildman–Crippen LogP) is 1.23. The van der Waals surface area contributed by atoms with E-state index >= 15 is 0 Å². The summed E-state index contributed by atoms with van der Waals surface area (Å²) in [6.07, 6.45) is 0. The number of esters is 1. The Bertz CT molecular complexity index is 493. The second kappa shape index (κ2) is 7.72. The molecule has 1 aromatic carbocycles. The molecule has 0 aromatic heterocycles. The summed E-state index contributed by atoms with van der Waals surface area (Å²) < 4.78 is 9.75. The smallest absolute Gasteiger partial charge is 0.338 e. The van der Waals surface area contributed by atoms with Crippen LogP contribution in [0.4, 0.5) is 5.69 Å². The van der Waals surface area contributed by atoms with E-state index in [-0.39, 0.29) is 23.2 Å². The third kappa shape index (κ3) is 5.07. The second-order valence-corrected chi connectivity index (χ2v) is 4.64. The lowest BCUT2D eigenvalue weighted by Crippen LogP contribution is -2.38. The maximum atomic E-state index is 11.7. The SMILES string of the molecule is COCC(C)NC(=O)COC(=O)c1ccc(N)c(Cl)c1. The Balaban J connectivity index is 2.46. The molecule has 1 rings (SSSR count). The summed E-state index contributed by atoms with van der Waals surface area (Å²) in [5.74, 6) is -1.04. The van der Waals surface area contributed by atoms with Crippen LogP contribution in [0.3, 0.4) is 0 Å². The topological polar surface area (TPSA) is 90.6 Å². The fourth-order valence-corrected chi connectivity index (χ4v) is 1.66. The molecule has 0 aliphatic carbocycles. The van der Waals surface area contributed by atoms with Crippen LogP contribution in [-0.4, -0.2) is 38.2 Å². The molecule has 0 bridgehead atoms. The van der Waals surface area contributed by atoms with Gasteiger partial charge in [0.05, 0.1) is 22.9 Å². The first-order chi connectivity index (χ1) is 9.43. The van der Waals surface area contributed by atoms with Crippen molar-refractivity contribution in [1.82, 2.24) is 5.32 Å². The molecule has 6 nitrogen and oxygen atoms in total. The number of amides is 1. The molecule has 1 amide bonds. The second-order valence-electron chi connectivity index (χ2n) is 4.24. The minimum Gasteiger partial charge on any atom is -0.452 e. The molecule has 1 aromatic rings. The molecule has 7 heteroatoms. The number of anilines is 1. The summed E-state index contributed by atoms with van der Waals surface area (Å²) in [6.45, 7) is 1.80. The minimum absolute atomic E-state index is 0.155. The van der Waals surface area contributed by atoms with Gasteiger partial charge in [0, 0.05) is 13.2 Å². The highest BCUT2D eigenvalue weighted by atomic mass is 35.5. The summed E-state index contributed by atoms with van der Waals surface area (Å²) in [7, 11) is 1.54. The third-order valence-corrected chi connectivity index (χ3v) is 2.72. The Kier molecular flexibility index (Phi) is 6.27. The van der Waals surface area contributed by atoms with Gasteiger partial charge in [-0.1, -0.05) is 11.6 Å². The van der Waals surface area contributed by atoms with Gasteiger partial charge in [0.1, 0.15) is 0 Å². The molecule has 0 saturated carbocycles. The van der Waals surface area contributed by atoms with Crippen LogP contribution in [0, 0.1) is 0 Å². The maximum Gasteiger partial charge on any atom is 0.338 e.